The third kappa shape index (κ3) is 5.57. The highest BCUT2D eigenvalue weighted by atomic mass is 16.6. The first-order chi connectivity index (χ1) is 18.5. The highest BCUT2D eigenvalue weighted by Gasteiger charge is 2.55. The molecule has 3 saturated heterocycles. The lowest BCUT2D eigenvalue weighted by atomic mass is 9.80. The van der Waals surface area contributed by atoms with Crippen LogP contribution in [-0.4, -0.2) is 77.1 Å². The lowest BCUT2D eigenvalue weighted by molar-refractivity contribution is -0.0385. The van der Waals surface area contributed by atoms with E-state index in [1.807, 2.05) is 11.0 Å². The van der Waals surface area contributed by atoms with Crippen molar-refractivity contribution in [1.29, 1.82) is 5.26 Å². The number of nitriles is 1. The molecule has 38 heavy (non-hydrogen) atoms. The second-order valence-corrected chi connectivity index (χ2v) is 12.0. The summed E-state index contributed by atoms with van der Waals surface area (Å²) in [7, 11) is 0. The number of benzene rings is 1. The standard InChI is InChI=1S/C31H44N4O3/c1-2-3-13-28-31(38-30(37)35(28)23-24-9-5-4-6-10-24)16-20-33(21-17-31)26-14-18-34(19-15-26)29(36)27-12-8-7-11-25(27)22-32/h7-8,11-12,24,26,28H,2-6,9-10,13-21,23H2,1H3. The van der Waals surface area contributed by atoms with Gasteiger partial charge in [-0.3, -0.25) is 9.69 Å². The van der Waals surface area contributed by atoms with Gasteiger partial charge in [-0.2, -0.15) is 5.26 Å². The molecule has 0 N–H and O–H groups in total. The summed E-state index contributed by atoms with van der Waals surface area (Å²) in [6.45, 7) is 6.43. The molecule has 7 nitrogen and oxygen atoms in total. The van der Waals surface area contributed by atoms with Crippen molar-refractivity contribution in [1.82, 2.24) is 14.7 Å². The normalized spacial score (nSPS) is 24.9. The predicted molar refractivity (Wildman–Crippen MR) is 147 cm³/mol. The number of amides is 2. The summed E-state index contributed by atoms with van der Waals surface area (Å²) < 4.78 is 6.29. The third-order valence-corrected chi connectivity index (χ3v) is 9.71. The van der Waals surface area contributed by atoms with E-state index in [9.17, 15) is 14.9 Å². The molecule has 0 radical (unpaired) electrons. The van der Waals surface area contributed by atoms with Crippen LogP contribution in [0.4, 0.5) is 4.79 Å². The number of carbonyl (C=O) groups is 2. The molecule has 1 aromatic rings. The van der Waals surface area contributed by atoms with E-state index >= 15 is 0 Å². The molecule has 1 spiro atoms. The molecule has 1 unspecified atom stereocenters. The molecule has 206 valence electrons. The molecule has 4 fully saturated rings. The molecule has 7 heteroatoms. The second-order valence-electron chi connectivity index (χ2n) is 12.0. The monoisotopic (exact) mass is 520 g/mol. The number of carbonyl (C=O) groups excluding carboxylic acids is 2. The molecule has 3 heterocycles. The Bertz CT molecular complexity index is 1010. The zero-order valence-electron chi connectivity index (χ0n) is 23.1. The summed E-state index contributed by atoms with van der Waals surface area (Å²) in [6.07, 6.45) is 13.4. The number of unbranched alkanes of at least 4 members (excludes halogenated alkanes) is 1. The van der Waals surface area contributed by atoms with Gasteiger partial charge in [-0.05, 0) is 50.2 Å². The lowest BCUT2D eigenvalue weighted by Crippen LogP contribution is -2.56. The van der Waals surface area contributed by atoms with Crippen molar-refractivity contribution < 1.29 is 14.3 Å². The van der Waals surface area contributed by atoms with Gasteiger partial charge in [0.15, 0.2) is 0 Å². The van der Waals surface area contributed by atoms with E-state index in [0.717, 1.165) is 64.6 Å². The molecule has 4 aliphatic rings. The number of hydrogen-bond donors (Lipinski definition) is 0. The quantitative estimate of drug-likeness (QED) is 0.468. The number of piperidine rings is 2. The van der Waals surface area contributed by atoms with Gasteiger partial charge in [0.05, 0.1) is 23.2 Å². The Hall–Kier alpha value is -2.59. The average Bonchev–Trinajstić information content (AvgIpc) is 3.21. The Kier molecular flexibility index (Phi) is 8.57. The van der Waals surface area contributed by atoms with Crippen LogP contribution in [0.5, 0.6) is 0 Å². The van der Waals surface area contributed by atoms with Crippen LogP contribution >= 0.6 is 0 Å². The fourth-order valence-corrected chi connectivity index (χ4v) is 7.45. The van der Waals surface area contributed by atoms with Gasteiger partial charge in [0, 0.05) is 51.6 Å². The van der Waals surface area contributed by atoms with Crippen LogP contribution in [0.25, 0.3) is 0 Å². The van der Waals surface area contributed by atoms with Crippen molar-refractivity contribution in [2.75, 3.05) is 32.7 Å². The van der Waals surface area contributed by atoms with E-state index in [2.05, 4.69) is 22.8 Å². The lowest BCUT2D eigenvalue weighted by Gasteiger charge is -2.46. The van der Waals surface area contributed by atoms with Gasteiger partial charge < -0.3 is 14.5 Å². The Balaban J connectivity index is 1.17. The Morgan fingerprint density at radius 1 is 1.05 bits per heavy atom. The molecule has 1 aliphatic carbocycles. The smallest absolute Gasteiger partial charge is 0.410 e. The minimum Gasteiger partial charge on any atom is -0.440 e. The minimum absolute atomic E-state index is 0.0344. The van der Waals surface area contributed by atoms with Crippen molar-refractivity contribution in [2.24, 2.45) is 5.92 Å². The van der Waals surface area contributed by atoms with E-state index in [4.69, 9.17) is 4.74 Å². The summed E-state index contributed by atoms with van der Waals surface area (Å²) in [5.41, 5.74) is 0.615. The van der Waals surface area contributed by atoms with Gasteiger partial charge >= 0.3 is 6.09 Å². The number of rotatable bonds is 7. The molecule has 1 atom stereocenters. The molecule has 5 rings (SSSR count). The van der Waals surface area contributed by atoms with Crippen LogP contribution < -0.4 is 0 Å². The van der Waals surface area contributed by atoms with Crippen LogP contribution in [0.2, 0.25) is 0 Å². The van der Waals surface area contributed by atoms with E-state index in [1.54, 1.807) is 18.2 Å². The van der Waals surface area contributed by atoms with Gasteiger partial charge in [0.2, 0.25) is 0 Å². The fourth-order valence-electron chi connectivity index (χ4n) is 7.45. The number of nitrogens with zero attached hydrogens (tertiary/aromatic N) is 4. The van der Waals surface area contributed by atoms with E-state index < -0.39 is 0 Å². The Morgan fingerprint density at radius 2 is 1.76 bits per heavy atom. The van der Waals surface area contributed by atoms with Crippen LogP contribution in [-0.2, 0) is 4.74 Å². The van der Waals surface area contributed by atoms with Crippen molar-refractivity contribution >= 4 is 12.0 Å². The highest BCUT2D eigenvalue weighted by molar-refractivity contribution is 5.96. The molecule has 2 amide bonds. The molecule has 0 bridgehead atoms. The summed E-state index contributed by atoms with van der Waals surface area (Å²) in [4.78, 5) is 32.8. The number of ether oxygens (including phenoxy) is 1. The van der Waals surface area contributed by atoms with E-state index in [0.29, 0.717) is 36.2 Å². The maximum Gasteiger partial charge on any atom is 0.410 e. The SMILES string of the molecule is CCCCC1N(CC2CCCCC2)C(=O)OC12CCN(C1CCN(C(=O)c3ccccc3C#N)CC1)CC2. The largest absolute Gasteiger partial charge is 0.440 e. The van der Waals surface area contributed by atoms with Crippen molar-refractivity contribution in [3.8, 4) is 6.07 Å². The third-order valence-electron chi connectivity index (χ3n) is 9.71. The zero-order valence-corrected chi connectivity index (χ0v) is 23.1. The zero-order chi connectivity index (χ0) is 26.5. The van der Waals surface area contributed by atoms with Gasteiger partial charge in [-0.25, -0.2) is 4.79 Å². The van der Waals surface area contributed by atoms with Crippen LogP contribution in [0, 0.1) is 17.2 Å². The first-order valence-electron chi connectivity index (χ1n) is 15.1. The van der Waals surface area contributed by atoms with Gasteiger partial charge in [0.25, 0.3) is 5.91 Å². The van der Waals surface area contributed by atoms with Crippen molar-refractivity contribution in [3.63, 3.8) is 0 Å². The first-order valence-corrected chi connectivity index (χ1v) is 15.1. The molecular weight excluding hydrogens is 476 g/mol. The van der Waals surface area contributed by atoms with Crippen LogP contribution in [0.15, 0.2) is 24.3 Å². The van der Waals surface area contributed by atoms with Crippen molar-refractivity contribution in [3.05, 3.63) is 35.4 Å². The van der Waals surface area contributed by atoms with Gasteiger partial charge in [-0.1, -0.05) is 51.2 Å². The van der Waals surface area contributed by atoms with E-state index in [1.165, 1.54) is 32.1 Å². The van der Waals surface area contributed by atoms with Crippen LogP contribution in [0.3, 0.4) is 0 Å². The van der Waals surface area contributed by atoms with E-state index in [-0.39, 0.29) is 23.6 Å². The van der Waals surface area contributed by atoms with Crippen molar-refractivity contribution in [2.45, 2.75) is 102 Å². The Morgan fingerprint density at radius 3 is 2.45 bits per heavy atom. The summed E-state index contributed by atoms with van der Waals surface area (Å²) >= 11 is 0. The maximum absolute atomic E-state index is 13.2. The summed E-state index contributed by atoms with van der Waals surface area (Å²) in [6, 6.07) is 9.90. The van der Waals surface area contributed by atoms with Gasteiger partial charge in [-0.15, -0.1) is 0 Å². The first kappa shape index (κ1) is 27.0. The van der Waals surface area contributed by atoms with Gasteiger partial charge in [0.1, 0.15) is 5.60 Å². The topological polar surface area (TPSA) is 76.9 Å². The molecule has 1 saturated carbocycles. The van der Waals surface area contributed by atoms with Crippen LogP contribution in [0.1, 0.15) is 99.9 Å². The maximum atomic E-state index is 13.2. The number of hydrogen-bond acceptors (Lipinski definition) is 5. The molecular formula is C31H44N4O3. The highest BCUT2D eigenvalue weighted by Crippen LogP contribution is 2.43. The number of likely N-dealkylation sites (tertiary alicyclic amines) is 2. The average molecular weight is 521 g/mol. The summed E-state index contributed by atoms with van der Waals surface area (Å²) in [5, 5.41) is 9.38. The molecule has 0 aromatic heterocycles. The second kappa shape index (κ2) is 12.1. The fraction of sp³-hybridized carbons (Fsp3) is 0.710. The predicted octanol–water partition coefficient (Wildman–Crippen LogP) is 5.59. The summed E-state index contributed by atoms with van der Waals surface area (Å²) in [5.74, 6) is 0.594. The molecule has 1 aromatic carbocycles. The molecule has 3 aliphatic heterocycles. The minimum atomic E-state index is -0.338. The Labute approximate surface area is 228 Å².